The van der Waals surface area contributed by atoms with Crippen LogP contribution in [0.5, 0.6) is 0 Å². The molecule has 462 valence electrons. The minimum absolute atomic E-state index is 0.0200. The molecule has 1 saturated heterocycles. The average Bonchev–Trinajstić information content (AvgIpc) is 4.28. The van der Waals surface area contributed by atoms with Crippen molar-refractivity contribution in [3.63, 3.8) is 0 Å². The fourth-order valence-electron chi connectivity index (χ4n) is 6.06. The van der Waals surface area contributed by atoms with Gasteiger partial charge >= 0.3 is 0 Å². The summed E-state index contributed by atoms with van der Waals surface area (Å²) in [4.78, 5) is 30.2. The van der Waals surface area contributed by atoms with E-state index in [0.717, 1.165) is 77.1 Å². The molecule has 2 amide bonds. The zero-order valence-electron chi connectivity index (χ0n) is 49.8. The van der Waals surface area contributed by atoms with E-state index in [4.69, 9.17) is 61.1 Å². The van der Waals surface area contributed by atoms with Crippen LogP contribution in [0.3, 0.4) is 0 Å². The van der Waals surface area contributed by atoms with Gasteiger partial charge in [-0.1, -0.05) is 64.3 Å². The molecule has 3 rings (SSSR count). The van der Waals surface area contributed by atoms with E-state index in [1.54, 1.807) is 75.2 Å². The topological polar surface area (TPSA) is 304 Å². The molecule has 0 spiro atoms. The SMILES string of the molecule is C=CC(=O)NCO.C=CCOCC(O)N(C)C.C=CCOCC(O)N(C)C.C=CCOCC1CO1.CCC(COCC(O)N(C)C)CC(C)C(=O)NCO.CNC.OCCS.[C-]#[N+]C1CCCCC1N=NC1CCCCC1C#N. The quantitative estimate of drug-likeness (QED) is 0.00750. The van der Waals surface area contributed by atoms with Crippen LogP contribution in [0.15, 0.2) is 60.8 Å². The number of hydrogen-bond acceptors (Lipinski definition) is 21. The monoisotopic (exact) mass is 1150 g/mol. The van der Waals surface area contributed by atoms with Crippen molar-refractivity contribution in [2.75, 3.05) is 142 Å². The van der Waals surface area contributed by atoms with E-state index in [2.05, 4.69) is 76.0 Å². The Morgan fingerprint density at radius 3 is 1.58 bits per heavy atom. The summed E-state index contributed by atoms with van der Waals surface area (Å²) in [7, 11) is 14.5. The minimum atomic E-state index is -0.604. The van der Waals surface area contributed by atoms with Gasteiger partial charge in [-0.15, -0.1) is 19.7 Å². The summed E-state index contributed by atoms with van der Waals surface area (Å²) in [5.74, 6) is 0.225. The Balaban J connectivity index is -0.000000280. The van der Waals surface area contributed by atoms with Crippen LogP contribution in [0.1, 0.15) is 78.1 Å². The third kappa shape index (κ3) is 57.3. The zero-order valence-corrected chi connectivity index (χ0v) is 50.7. The number of ether oxygens (including phenoxy) is 5. The van der Waals surface area contributed by atoms with E-state index in [9.17, 15) is 14.7 Å². The highest BCUT2D eigenvalue weighted by atomic mass is 32.1. The first kappa shape index (κ1) is 84.0. The van der Waals surface area contributed by atoms with E-state index in [-0.39, 0.29) is 74.4 Å². The van der Waals surface area contributed by atoms with Gasteiger partial charge < -0.3 is 75.1 Å². The molecule has 1 aliphatic heterocycles. The highest BCUT2D eigenvalue weighted by Gasteiger charge is 2.31. The van der Waals surface area contributed by atoms with E-state index in [0.29, 0.717) is 57.9 Å². The lowest BCUT2D eigenvalue weighted by molar-refractivity contribution is -0.126. The first-order valence-corrected chi connectivity index (χ1v) is 27.5. The van der Waals surface area contributed by atoms with E-state index >= 15 is 0 Å². The second kappa shape index (κ2) is 61.8. The van der Waals surface area contributed by atoms with Crippen molar-refractivity contribution in [1.82, 2.24) is 30.7 Å². The maximum atomic E-state index is 11.5. The maximum absolute atomic E-state index is 11.5. The summed E-state index contributed by atoms with van der Waals surface area (Å²) in [6.07, 6.45) is 15.0. The highest BCUT2D eigenvalue weighted by molar-refractivity contribution is 7.80. The largest absolute Gasteiger partial charge is 0.396 e. The van der Waals surface area contributed by atoms with Gasteiger partial charge in [0, 0.05) is 24.7 Å². The Labute approximate surface area is 481 Å². The molecule has 2 saturated carbocycles. The highest BCUT2D eigenvalue weighted by Crippen LogP contribution is 2.29. The number of thiol groups is 1. The summed E-state index contributed by atoms with van der Waals surface area (Å²) in [6, 6.07) is 2.53. The summed E-state index contributed by atoms with van der Waals surface area (Å²) in [5.41, 5.74) is 0. The fraction of sp³-hybridized carbons (Fsp3) is 0.782. The van der Waals surface area contributed by atoms with Crippen molar-refractivity contribution >= 4 is 24.4 Å². The predicted octanol–water partition coefficient (Wildman–Crippen LogP) is 3.46. The number of azo groups is 1. The number of nitrogens with zero attached hydrogens (tertiary/aromatic N) is 7. The van der Waals surface area contributed by atoms with Crippen LogP contribution < -0.4 is 16.0 Å². The number of nitriles is 1. The van der Waals surface area contributed by atoms with Crippen molar-refractivity contribution in [3.05, 3.63) is 62.0 Å². The molecule has 2 aliphatic carbocycles. The van der Waals surface area contributed by atoms with E-state index < -0.39 is 18.7 Å². The zero-order chi connectivity index (χ0) is 61.2. The number of carbonyl (C=O) groups is 2. The Kier molecular flexibility index (Phi) is 65.8. The van der Waals surface area contributed by atoms with Crippen LogP contribution in [-0.2, 0) is 33.3 Å². The third-order valence-corrected chi connectivity index (χ3v) is 11.2. The number of hydrogen-bond donors (Lipinski definition) is 10. The number of rotatable bonds is 29. The van der Waals surface area contributed by atoms with Gasteiger partial charge in [0.25, 0.3) is 0 Å². The molecular formula is C55H108N10O13S. The number of aliphatic hydroxyl groups is 6. The third-order valence-electron chi connectivity index (χ3n) is 11.0. The number of amides is 2. The van der Waals surface area contributed by atoms with Crippen LogP contribution in [0, 0.1) is 35.7 Å². The summed E-state index contributed by atoms with van der Waals surface area (Å²) in [5, 5.41) is 77.4. The van der Waals surface area contributed by atoms with Gasteiger partial charge in [-0.25, -0.2) is 6.57 Å². The molecule has 0 aromatic heterocycles. The Morgan fingerprint density at radius 2 is 1.20 bits per heavy atom. The van der Waals surface area contributed by atoms with E-state index in [1.807, 2.05) is 27.9 Å². The van der Waals surface area contributed by atoms with Gasteiger partial charge in [-0.3, -0.25) is 24.3 Å². The van der Waals surface area contributed by atoms with Crippen LogP contribution in [0.25, 0.3) is 4.85 Å². The fourth-order valence-corrected chi connectivity index (χ4v) is 6.06. The van der Waals surface area contributed by atoms with E-state index in [1.165, 1.54) is 0 Å². The van der Waals surface area contributed by atoms with Gasteiger partial charge in [0.1, 0.15) is 44.3 Å². The standard InChI is InChI=1S/C14H20N4.C13H28N2O4.2C7H15NO2.C6H10O2.C4H7NO2.C2H7N.C2H6OS/c1-16-13-8-4-5-9-14(13)18-17-12-7-3-2-6-11(12)10-15;1-5-11(6-10(2)13(18)14-9-16)7-19-8-12(17)15(3)4;2*1-4-5-10-6-7(9)8(2)3;1-2-3-7-4-6-5-8-6;1-2-4(7)5-3-6;1-3-2;3-1-2-4/h11-14H,2-9H2;10-12,16-17H,5-9H2,1-4H3,(H,14,18);2*4,7,9H,1,5-6H2,2-3H3;2,6H,1,3-5H2;2,6H,1,3H2,(H,5,7);3H,1-2H3;3-4H,1-2H2. The molecule has 0 aromatic rings. The van der Waals surface area contributed by atoms with Crippen LogP contribution in [0.2, 0.25) is 0 Å². The average molecular weight is 1150 g/mol. The summed E-state index contributed by atoms with van der Waals surface area (Å²) < 4.78 is 25.4. The van der Waals surface area contributed by atoms with Crippen LogP contribution >= 0.6 is 12.6 Å². The number of epoxide rings is 1. The molecule has 9 N–H and O–H groups in total. The predicted molar refractivity (Wildman–Crippen MR) is 316 cm³/mol. The minimum Gasteiger partial charge on any atom is -0.396 e. The van der Waals surface area contributed by atoms with Crippen molar-refractivity contribution in [2.45, 2.75) is 121 Å². The molecular weight excluding hydrogens is 1040 g/mol. The number of carbonyl (C=O) groups excluding carboxylic acids is 2. The Morgan fingerprint density at radius 1 is 0.772 bits per heavy atom. The van der Waals surface area contributed by atoms with Crippen molar-refractivity contribution in [2.24, 2.45) is 28.0 Å². The lowest BCUT2D eigenvalue weighted by Gasteiger charge is -2.24. The number of nitrogens with one attached hydrogen (secondary N) is 3. The molecule has 10 atom stereocenters. The van der Waals surface area contributed by atoms with Crippen molar-refractivity contribution in [1.29, 1.82) is 5.26 Å². The maximum Gasteiger partial charge on any atom is 0.247 e. The van der Waals surface area contributed by atoms with Crippen molar-refractivity contribution in [3.8, 4) is 6.07 Å². The van der Waals surface area contributed by atoms with Gasteiger partial charge in [0.05, 0.1) is 77.5 Å². The van der Waals surface area contributed by atoms with Crippen LogP contribution in [-0.4, -0.2) is 242 Å². The molecule has 3 aliphatic rings. The molecule has 3 fully saturated rings. The molecule has 10 unspecified atom stereocenters. The first-order chi connectivity index (χ1) is 37.7. The van der Waals surface area contributed by atoms with Gasteiger partial charge in [0.15, 0.2) is 0 Å². The van der Waals surface area contributed by atoms with Gasteiger partial charge in [0.2, 0.25) is 17.9 Å². The normalized spacial score (nSPS) is 19.6. The van der Waals surface area contributed by atoms with Gasteiger partial charge in [-0.05, 0) is 100 Å². The molecule has 0 bridgehead atoms. The lowest BCUT2D eigenvalue weighted by Crippen LogP contribution is -2.33. The molecule has 0 aromatic carbocycles. The second-order valence-corrected chi connectivity index (χ2v) is 19.1. The molecule has 24 heteroatoms. The van der Waals surface area contributed by atoms with Crippen molar-refractivity contribution < 1.29 is 63.9 Å². The molecule has 79 heavy (non-hydrogen) atoms. The molecule has 1 heterocycles. The Hall–Kier alpha value is -3.77. The molecule has 0 radical (unpaired) electrons. The van der Waals surface area contributed by atoms with Crippen LogP contribution in [0.4, 0.5) is 0 Å². The number of aliphatic hydroxyl groups excluding tert-OH is 6. The molecule has 23 nitrogen and oxygen atoms in total. The first-order valence-electron chi connectivity index (χ1n) is 26.9. The smallest absolute Gasteiger partial charge is 0.247 e. The summed E-state index contributed by atoms with van der Waals surface area (Å²) >= 11 is 3.67. The number of likely N-dealkylation sites (N-methyl/N-ethyl adjacent to an activating group) is 3. The Bertz CT molecular complexity index is 1500. The summed E-state index contributed by atoms with van der Waals surface area (Å²) in [6.45, 7) is 28.9. The second-order valence-electron chi connectivity index (χ2n) is 18.6. The van der Waals surface area contributed by atoms with Gasteiger partial charge in [-0.2, -0.15) is 28.1 Å². The lowest BCUT2D eigenvalue weighted by atomic mass is 9.86.